The van der Waals surface area contributed by atoms with E-state index in [0.717, 1.165) is 30.1 Å². The minimum atomic E-state index is 0.0443. The second kappa shape index (κ2) is 4.97. The summed E-state index contributed by atoms with van der Waals surface area (Å²) < 4.78 is 6.88. The number of aliphatic hydroxyl groups is 1. The summed E-state index contributed by atoms with van der Waals surface area (Å²) in [5.74, 6) is 2.67. The van der Waals surface area contributed by atoms with Crippen molar-refractivity contribution in [3.63, 3.8) is 0 Å². The average Bonchev–Trinajstić information content (AvgIpc) is 3.21. The van der Waals surface area contributed by atoms with Crippen LogP contribution in [0.2, 0.25) is 0 Å². The van der Waals surface area contributed by atoms with Gasteiger partial charge in [-0.15, -0.1) is 0 Å². The molecule has 2 heterocycles. The van der Waals surface area contributed by atoms with Gasteiger partial charge in [-0.3, -0.25) is 0 Å². The topological polar surface area (TPSA) is 73.1 Å². The van der Waals surface area contributed by atoms with Gasteiger partial charge in [0.15, 0.2) is 11.6 Å². The minimum Gasteiger partial charge on any atom is -0.481 e. The number of hydrogen-bond acceptors (Lipinski definition) is 5. The predicted molar refractivity (Wildman–Crippen MR) is 68.9 cm³/mol. The van der Waals surface area contributed by atoms with Crippen molar-refractivity contribution >= 4 is 0 Å². The van der Waals surface area contributed by atoms with Crippen LogP contribution in [0, 0.1) is 0 Å². The fourth-order valence-electron chi connectivity index (χ4n) is 2.00. The van der Waals surface area contributed by atoms with Gasteiger partial charge in [0, 0.05) is 23.7 Å². The third-order valence-electron chi connectivity index (χ3n) is 3.14. The highest BCUT2D eigenvalue weighted by Crippen LogP contribution is 2.39. The van der Waals surface area contributed by atoms with Gasteiger partial charge in [-0.25, -0.2) is 14.6 Å². The zero-order valence-electron chi connectivity index (χ0n) is 10.8. The van der Waals surface area contributed by atoms with Crippen LogP contribution < -0.4 is 4.74 Å². The molecule has 100 valence electrons. The standard InChI is InChI=1S/C13H16N4O2/c1-19-11-8-10(4-5-14-11)13-15-12(9-2-3-9)16-17(13)6-7-18/h4-5,8-9,18H,2-3,6-7H2,1H3. The lowest BCUT2D eigenvalue weighted by atomic mass is 10.2. The summed E-state index contributed by atoms with van der Waals surface area (Å²) in [5, 5.41) is 13.6. The minimum absolute atomic E-state index is 0.0443. The Labute approximate surface area is 111 Å². The number of hydrogen-bond donors (Lipinski definition) is 1. The van der Waals surface area contributed by atoms with Gasteiger partial charge in [0.1, 0.15) is 0 Å². The highest BCUT2D eigenvalue weighted by atomic mass is 16.5. The van der Waals surface area contributed by atoms with Crippen LogP contribution in [0.15, 0.2) is 18.3 Å². The van der Waals surface area contributed by atoms with Crippen molar-refractivity contribution in [3.05, 3.63) is 24.2 Å². The molecule has 0 aliphatic heterocycles. The van der Waals surface area contributed by atoms with Crippen LogP contribution in [0.1, 0.15) is 24.6 Å². The summed E-state index contributed by atoms with van der Waals surface area (Å²) in [7, 11) is 1.58. The van der Waals surface area contributed by atoms with E-state index >= 15 is 0 Å². The smallest absolute Gasteiger partial charge is 0.213 e. The molecular weight excluding hydrogens is 244 g/mol. The first kappa shape index (κ1) is 12.1. The predicted octanol–water partition coefficient (Wildman–Crippen LogP) is 1.22. The van der Waals surface area contributed by atoms with Crippen molar-refractivity contribution in [1.82, 2.24) is 19.7 Å². The summed E-state index contributed by atoms with van der Waals surface area (Å²) in [6.07, 6.45) is 3.99. The monoisotopic (exact) mass is 260 g/mol. The van der Waals surface area contributed by atoms with Gasteiger partial charge in [0.2, 0.25) is 5.88 Å². The quantitative estimate of drug-likeness (QED) is 0.875. The zero-order valence-corrected chi connectivity index (χ0v) is 10.8. The first-order valence-corrected chi connectivity index (χ1v) is 6.38. The lowest BCUT2D eigenvalue weighted by Crippen LogP contribution is -2.06. The van der Waals surface area contributed by atoms with Crippen LogP contribution in [-0.4, -0.2) is 38.6 Å². The van der Waals surface area contributed by atoms with Gasteiger partial charge in [-0.1, -0.05) is 0 Å². The van der Waals surface area contributed by atoms with Crippen LogP contribution in [0.5, 0.6) is 5.88 Å². The Morgan fingerprint density at radius 1 is 1.47 bits per heavy atom. The maximum absolute atomic E-state index is 9.13. The van der Waals surface area contributed by atoms with Gasteiger partial charge in [0.25, 0.3) is 0 Å². The summed E-state index contributed by atoms with van der Waals surface area (Å²) in [5.41, 5.74) is 0.903. The number of rotatable bonds is 5. The van der Waals surface area contributed by atoms with Crippen molar-refractivity contribution in [2.24, 2.45) is 0 Å². The summed E-state index contributed by atoms with van der Waals surface area (Å²) in [6, 6.07) is 3.70. The highest BCUT2D eigenvalue weighted by Gasteiger charge is 2.29. The van der Waals surface area contributed by atoms with E-state index in [-0.39, 0.29) is 6.61 Å². The molecule has 19 heavy (non-hydrogen) atoms. The van der Waals surface area contributed by atoms with E-state index < -0.39 is 0 Å². The normalized spacial score (nSPS) is 14.6. The largest absolute Gasteiger partial charge is 0.481 e. The fourth-order valence-corrected chi connectivity index (χ4v) is 2.00. The molecule has 1 N–H and O–H groups in total. The molecule has 0 saturated heterocycles. The van der Waals surface area contributed by atoms with E-state index in [9.17, 15) is 0 Å². The van der Waals surface area contributed by atoms with Gasteiger partial charge >= 0.3 is 0 Å². The third kappa shape index (κ3) is 2.44. The Morgan fingerprint density at radius 2 is 2.32 bits per heavy atom. The van der Waals surface area contributed by atoms with Gasteiger partial charge < -0.3 is 9.84 Å². The first-order valence-electron chi connectivity index (χ1n) is 6.38. The Morgan fingerprint density at radius 3 is 3.00 bits per heavy atom. The molecule has 3 rings (SSSR count). The molecule has 1 aliphatic carbocycles. The van der Waals surface area contributed by atoms with Gasteiger partial charge in [-0.2, -0.15) is 5.10 Å². The van der Waals surface area contributed by atoms with E-state index in [1.54, 1.807) is 18.0 Å². The molecule has 0 bridgehead atoms. The molecule has 2 aromatic heterocycles. The van der Waals surface area contributed by atoms with E-state index in [2.05, 4.69) is 15.1 Å². The Bertz CT molecular complexity index is 578. The summed E-state index contributed by atoms with van der Waals surface area (Å²) >= 11 is 0. The van der Waals surface area contributed by atoms with Crippen LogP contribution >= 0.6 is 0 Å². The highest BCUT2D eigenvalue weighted by molar-refractivity contribution is 5.56. The van der Waals surface area contributed by atoms with Crippen molar-refractivity contribution in [3.8, 4) is 17.3 Å². The molecule has 0 radical (unpaired) electrons. The van der Waals surface area contributed by atoms with Crippen molar-refractivity contribution < 1.29 is 9.84 Å². The van der Waals surface area contributed by atoms with E-state index in [1.807, 2.05) is 12.1 Å². The second-order valence-electron chi connectivity index (χ2n) is 4.60. The Kier molecular flexibility index (Phi) is 3.16. The molecule has 1 aliphatic rings. The van der Waals surface area contributed by atoms with Crippen LogP contribution in [0.25, 0.3) is 11.4 Å². The van der Waals surface area contributed by atoms with E-state index in [0.29, 0.717) is 18.3 Å². The van der Waals surface area contributed by atoms with Crippen LogP contribution in [-0.2, 0) is 6.54 Å². The molecular formula is C13H16N4O2. The van der Waals surface area contributed by atoms with Crippen LogP contribution in [0.3, 0.4) is 0 Å². The number of methoxy groups -OCH3 is 1. The lowest BCUT2D eigenvalue weighted by Gasteiger charge is -2.05. The second-order valence-corrected chi connectivity index (χ2v) is 4.60. The third-order valence-corrected chi connectivity index (χ3v) is 3.14. The number of ether oxygens (including phenoxy) is 1. The fraction of sp³-hybridized carbons (Fsp3) is 0.462. The molecule has 0 spiro atoms. The van der Waals surface area contributed by atoms with Gasteiger partial charge in [0.05, 0.1) is 20.3 Å². The molecule has 1 saturated carbocycles. The van der Waals surface area contributed by atoms with Crippen molar-refractivity contribution in [2.75, 3.05) is 13.7 Å². The maximum atomic E-state index is 9.13. The molecule has 2 aromatic rings. The molecule has 1 fully saturated rings. The van der Waals surface area contributed by atoms with Crippen molar-refractivity contribution in [1.29, 1.82) is 0 Å². The molecule has 6 nitrogen and oxygen atoms in total. The average molecular weight is 260 g/mol. The SMILES string of the molecule is COc1cc(-c2nc(C3CC3)nn2CCO)ccn1. The summed E-state index contributed by atoms with van der Waals surface area (Å²) in [4.78, 5) is 8.68. The van der Waals surface area contributed by atoms with Gasteiger partial charge in [-0.05, 0) is 18.9 Å². The van der Waals surface area contributed by atoms with Crippen LogP contribution in [0.4, 0.5) is 0 Å². The number of nitrogens with zero attached hydrogens (tertiary/aromatic N) is 4. The van der Waals surface area contributed by atoms with E-state index in [4.69, 9.17) is 9.84 Å². The zero-order chi connectivity index (χ0) is 13.2. The number of aliphatic hydroxyl groups excluding tert-OH is 1. The van der Waals surface area contributed by atoms with E-state index in [1.165, 1.54) is 0 Å². The Hall–Kier alpha value is -1.95. The molecule has 6 heteroatoms. The summed E-state index contributed by atoms with van der Waals surface area (Å²) in [6.45, 7) is 0.488. The molecule has 0 aromatic carbocycles. The Balaban J connectivity index is 2.00. The maximum Gasteiger partial charge on any atom is 0.213 e. The first-order chi connectivity index (χ1) is 9.31. The van der Waals surface area contributed by atoms with Crippen molar-refractivity contribution in [2.45, 2.75) is 25.3 Å². The number of aromatic nitrogens is 4. The number of pyridine rings is 1. The molecule has 0 amide bonds. The molecule has 0 atom stereocenters. The molecule has 0 unspecified atom stereocenters. The lowest BCUT2D eigenvalue weighted by molar-refractivity contribution is 0.270.